The average Bonchev–Trinajstić information content (AvgIpc) is 2.56. The van der Waals surface area contributed by atoms with E-state index in [4.69, 9.17) is 0 Å². The van der Waals surface area contributed by atoms with Crippen LogP contribution in [0.4, 0.5) is 0 Å². The molecule has 1 aromatic rings. The molecule has 1 aliphatic rings. The van der Waals surface area contributed by atoms with Crippen LogP contribution >= 0.6 is 11.8 Å². The van der Waals surface area contributed by atoms with Crippen LogP contribution in [0.5, 0.6) is 0 Å². The van der Waals surface area contributed by atoms with Gasteiger partial charge in [-0.3, -0.25) is 4.79 Å². The summed E-state index contributed by atoms with van der Waals surface area (Å²) in [6.45, 7) is 5.92. The van der Waals surface area contributed by atoms with Crippen molar-refractivity contribution in [2.45, 2.75) is 50.4 Å². The van der Waals surface area contributed by atoms with Gasteiger partial charge in [0.25, 0.3) is 0 Å². The number of thioether (sulfide) groups is 1. The fourth-order valence-corrected chi connectivity index (χ4v) is 3.67. The highest BCUT2D eigenvalue weighted by molar-refractivity contribution is 8.00. The van der Waals surface area contributed by atoms with Crippen molar-refractivity contribution < 1.29 is 4.79 Å². The minimum atomic E-state index is -0.104. The normalized spacial score (nSPS) is 18.1. The first-order chi connectivity index (χ1) is 10.1. The van der Waals surface area contributed by atoms with Gasteiger partial charge in [-0.15, -0.1) is 0 Å². The van der Waals surface area contributed by atoms with Gasteiger partial charge in [-0.2, -0.15) is 11.8 Å². The third-order valence-corrected chi connectivity index (χ3v) is 6.29. The second-order valence-electron chi connectivity index (χ2n) is 5.72. The Hall–Kier alpha value is -1.00. The summed E-state index contributed by atoms with van der Waals surface area (Å²) < 4.78 is 0.169. The summed E-state index contributed by atoms with van der Waals surface area (Å²) in [4.78, 5) is 12.4. The zero-order chi connectivity index (χ0) is 15.3. The van der Waals surface area contributed by atoms with Crippen molar-refractivity contribution in [3.63, 3.8) is 0 Å². The SMILES string of the molecule is CCC(CC)(CNC(=O)[C@@H]1Cc2ccccc2CN1)SC. The summed E-state index contributed by atoms with van der Waals surface area (Å²) >= 11 is 1.86. The van der Waals surface area contributed by atoms with Gasteiger partial charge in [-0.05, 0) is 36.6 Å². The molecule has 1 amide bonds. The van der Waals surface area contributed by atoms with Crippen LogP contribution in [-0.4, -0.2) is 29.5 Å². The maximum atomic E-state index is 12.4. The zero-order valence-corrected chi connectivity index (χ0v) is 14.1. The Morgan fingerprint density at radius 3 is 2.62 bits per heavy atom. The standard InChI is InChI=1S/C17H26N2OS/c1-4-17(5-2,21-3)12-19-16(20)15-10-13-8-6-7-9-14(13)11-18-15/h6-9,15,18H,4-5,10-12H2,1-3H3,(H,19,20)/t15-/m0/s1. The van der Waals surface area contributed by atoms with Crippen LogP contribution in [-0.2, 0) is 17.8 Å². The summed E-state index contributed by atoms with van der Waals surface area (Å²) in [5.41, 5.74) is 2.60. The molecule has 1 aliphatic heterocycles. The monoisotopic (exact) mass is 306 g/mol. The van der Waals surface area contributed by atoms with E-state index in [0.717, 1.165) is 32.4 Å². The largest absolute Gasteiger partial charge is 0.353 e. The van der Waals surface area contributed by atoms with E-state index in [1.54, 1.807) is 0 Å². The lowest BCUT2D eigenvalue weighted by Crippen LogP contribution is -2.50. The van der Waals surface area contributed by atoms with Crippen LogP contribution in [0.1, 0.15) is 37.8 Å². The van der Waals surface area contributed by atoms with E-state index in [1.165, 1.54) is 11.1 Å². The second kappa shape index (κ2) is 7.32. The van der Waals surface area contributed by atoms with E-state index in [-0.39, 0.29) is 16.7 Å². The van der Waals surface area contributed by atoms with Gasteiger partial charge >= 0.3 is 0 Å². The minimum Gasteiger partial charge on any atom is -0.353 e. The lowest BCUT2D eigenvalue weighted by atomic mass is 9.95. The minimum absolute atomic E-state index is 0.104. The van der Waals surface area contributed by atoms with Crippen LogP contribution in [0, 0.1) is 0 Å². The molecule has 2 N–H and O–H groups in total. The first kappa shape index (κ1) is 16.4. The van der Waals surface area contributed by atoms with E-state index < -0.39 is 0 Å². The quantitative estimate of drug-likeness (QED) is 0.849. The maximum absolute atomic E-state index is 12.4. The number of carbonyl (C=O) groups excluding carboxylic acids is 1. The fourth-order valence-electron chi connectivity index (χ4n) is 2.87. The highest BCUT2D eigenvalue weighted by atomic mass is 32.2. The number of hydrogen-bond donors (Lipinski definition) is 2. The molecule has 0 unspecified atom stereocenters. The molecule has 1 heterocycles. The lowest BCUT2D eigenvalue weighted by Gasteiger charge is -2.31. The number of carbonyl (C=O) groups is 1. The van der Waals surface area contributed by atoms with Crippen molar-refractivity contribution in [3.8, 4) is 0 Å². The molecule has 116 valence electrons. The molecular formula is C17H26N2OS. The van der Waals surface area contributed by atoms with Crippen molar-refractivity contribution in [3.05, 3.63) is 35.4 Å². The predicted molar refractivity (Wildman–Crippen MR) is 90.6 cm³/mol. The molecule has 3 nitrogen and oxygen atoms in total. The highest BCUT2D eigenvalue weighted by Crippen LogP contribution is 2.29. The molecule has 2 rings (SSSR count). The summed E-state index contributed by atoms with van der Waals surface area (Å²) in [5.74, 6) is 0.129. The Bertz CT molecular complexity index is 477. The van der Waals surface area contributed by atoms with Gasteiger partial charge in [0.1, 0.15) is 0 Å². The number of hydrogen-bond acceptors (Lipinski definition) is 3. The Labute approximate surface area is 132 Å². The van der Waals surface area contributed by atoms with E-state index >= 15 is 0 Å². The van der Waals surface area contributed by atoms with Crippen LogP contribution in [0.2, 0.25) is 0 Å². The number of rotatable bonds is 6. The molecule has 0 saturated carbocycles. The summed E-state index contributed by atoms with van der Waals surface area (Å²) in [6.07, 6.45) is 5.07. The lowest BCUT2D eigenvalue weighted by molar-refractivity contribution is -0.123. The number of nitrogens with one attached hydrogen (secondary N) is 2. The topological polar surface area (TPSA) is 41.1 Å². The van der Waals surface area contributed by atoms with Crippen molar-refractivity contribution in [2.75, 3.05) is 12.8 Å². The number of amides is 1. The van der Waals surface area contributed by atoms with E-state index in [1.807, 2.05) is 17.8 Å². The molecule has 0 fully saturated rings. The average molecular weight is 306 g/mol. The molecule has 0 saturated heterocycles. The third kappa shape index (κ3) is 3.80. The third-order valence-electron chi connectivity index (χ3n) is 4.70. The van der Waals surface area contributed by atoms with Crippen molar-refractivity contribution >= 4 is 17.7 Å². The first-order valence-electron chi connectivity index (χ1n) is 7.77. The molecule has 0 radical (unpaired) electrons. The van der Waals surface area contributed by atoms with Crippen molar-refractivity contribution in [2.24, 2.45) is 0 Å². The van der Waals surface area contributed by atoms with Crippen molar-refractivity contribution in [1.82, 2.24) is 10.6 Å². The first-order valence-corrected chi connectivity index (χ1v) is 8.99. The predicted octanol–water partition coefficient (Wildman–Crippen LogP) is 2.74. The van der Waals surface area contributed by atoms with Gasteiger partial charge in [0.15, 0.2) is 0 Å². The smallest absolute Gasteiger partial charge is 0.237 e. The summed E-state index contributed by atoms with van der Waals surface area (Å²) in [7, 11) is 0. The van der Waals surface area contributed by atoms with Crippen molar-refractivity contribution in [1.29, 1.82) is 0 Å². The maximum Gasteiger partial charge on any atom is 0.237 e. The molecule has 21 heavy (non-hydrogen) atoms. The van der Waals surface area contributed by atoms with E-state index in [9.17, 15) is 4.79 Å². The molecule has 4 heteroatoms. The summed E-state index contributed by atoms with van der Waals surface area (Å²) in [5, 5.41) is 6.50. The molecule has 0 aliphatic carbocycles. The Balaban J connectivity index is 1.93. The van der Waals surface area contributed by atoms with Crippen LogP contribution < -0.4 is 10.6 Å². The molecule has 1 aromatic carbocycles. The number of fused-ring (bicyclic) bond motifs is 1. The summed E-state index contributed by atoms with van der Waals surface area (Å²) in [6, 6.07) is 8.25. The van der Waals surface area contributed by atoms with Gasteiger partial charge in [0.05, 0.1) is 6.04 Å². The van der Waals surface area contributed by atoms with Gasteiger partial charge in [-0.25, -0.2) is 0 Å². The van der Waals surface area contributed by atoms with Gasteiger partial charge in [0.2, 0.25) is 5.91 Å². The Kier molecular flexibility index (Phi) is 5.71. The molecule has 0 spiro atoms. The molecule has 0 bridgehead atoms. The zero-order valence-electron chi connectivity index (χ0n) is 13.2. The Morgan fingerprint density at radius 2 is 2.00 bits per heavy atom. The van der Waals surface area contributed by atoms with E-state index in [0.29, 0.717) is 0 Å². The van der Waals surface area contributed by atoms with E-state index in [2.05, 4.69) is 48.9 Å². The second-order valence-corrected chi connectivity index (χ2v) is 6.99. The Morgan fingerprint density at radius 1 is 1.33 bits per heavy atom. The van der Waals surface area contributed by atoms with Gasteiger partial charge in [-0.1, -0.05) is 38.1 Å². The van der Waals surface area contributed by atoms with Gasteiger partial charge in [0, 0.05) is 17.8 Å². The fraction of sp³-hybridized carbons (Fsp3) is 0.588. The van der Waals surface area contributed by atoms with Crippen LogP contribution in [0.15, 0.2) is 24.3 Å². The van der Waals surface area contributed by atoms with Crippen LogP contribution in [0.3, 0.4) is 0 Å². The molecule has 0 aromatic heterocycles. The number of benzene rings is 1. The molecule has 1 atom stereocenters. The van der Waals surface area contributed by atoms with Crippen LogP contribution in [0.25, 0.3) is 0 Å². The highest BCUT2D eigenvalue weighted by Gasteiger charge is 2.28. The molecular weight excluding hydrogens is 280 g/mol. The van der Waals surface area contributed by atoms with Gasteiger partial charge < -0.3 is 10.6 Å².